The summed E-state index contributed by atoms with van der Waals surface area (Å²) in [7, 11) is 0. The molecule has 8 heteroatoms. The Hall–Kier alpha value is -2.38. The normalized spacial score (nSPS) is 11.2. The van der Waals surface area contributed by atoms with Gasteiger partial charge in [-0.25, -0.2) is 0 Å². The summed E-state index contributed by atoms with van der Waals surface area (Å²) in [6.45, 7) is 2.25. The van der Waals surface area contributed by atoms with Crippen LogP contribution in [0.3, 0.4) is 0 Å². The van der Waals surface area contributed by atoms with Crippen LogP contribution in [0.5, 0.6) is 0 Å². The van der Waals surface area contributed by atoms with E-state index in [4.69, 9.17) is 5.73 Å². The van der Waals surface area contributed by atoms with Crippen molar-refractivity contribution in [3.8, 4) is 0 Å². The average molecular weight is 352 g/mol. The first kappa shape index (κ1) is 19.7. The van der Waals surface area contributed by atoms with Gasteiger partial charge >= 0.3 is 0 Å². The first-order valence-corrected chi connectivity index (χ1v) is 7.50. The second kappa shape index (κ2) is 9.69. The lowest BCUT2D eigenvalue weighted by atomic mass is 10.2. The third-order valence-corrected chi connectivity index (χ3v) is 3.32. The molecular formula is C16H22ClN5O2. The fraction of sp³-hybridized carbons (Fsp3) is 0.312. The summed E-state index contributed by atoms with van der Waals surface area (Å²) in [5, 5.41) is 9.65. The van der Waals surface area contributed by atoms with E-state index in [9.17, 15) is 9.59 Å². The zero-order chi connectivity index (χ0) is 16.7. The summed E-state index contributed by atoms with van der Waals surface area (Å²) in [5.74, 6) is -0.274. The van der Waals surface area contributed by atoms with Gasteiger partial charge in [-0.1, -0.05) is 6.07 Å². The predicted molar refractivity (Wildman–Crippen MR) is 96.2 cm³/mol. The van der Waals surface area contributed by atoms with Crippen molar-refractivity contribution in [3.63, 3.8) is 0 Å². The first-order valence-electron chi connectivity index (χ1n) is 7.50. The second-order valence-electron chi connectivity index (χ2n) is 5.17. The number of carbonyl (C=O) groups excluding carboxylic acids is 2. The smallest absolute Gasteiger partial charge is 0.248 e. The van der Waals surface area contributed by atoms with Crippen LogP contribution >= 0.6 is 12.4 Å². The fourth-order valence-electron chi connectivity index (χ4n) is 2.04. The van der Waals surface area contributed by atoms with Gasteiger partial charge in [0.2, 0.25) is 11.8 Å². The Morgan fingerprint density at radius 2 is 1.96 bits per heavy atom. The molecule has 0 bridgehead atoms. The number of amides is 2. The second-order valence-corrected chi connectivity index (χ2v) is 5.17. The van der Waals surface area contributed by atoms with Gasteiger partial charge in [-0.3, -0.25) is 14.3 Å². The van der Waals surface area contributed by atoms with E-state index in [-0.39, 0.29) is 24.2 Å². The fourth-order valence-corrected chi connectivity index (χ4v) is 2.04. The number of halogens is 1. The number of hydrogen-bond donors (Lipinski definition) is 3. The van der Waals surface area contributed by atoms with E-state index in [0.29, 0.717) is 30.8 Å². The molecule has 1 aromatic carbocycles. The van der Waals surface area contributed by atoms with Crippen molar-refractivity contribution in [3.05, 3.63) is 42.7 Å². The summed E-state index contributed by atoms with van der Waals surface area (Å²) in [6.07, 6.45) is 4.38. The van der Waals surface area contributed by atoms with Crippen LogP contribution in [0.2, 0.25) is 0 Å². The Bertz CT molecular complexity index is 660. The molecule has 0 fully saturated rings. The predicted octanol–water partition coefficient (Wildman–Crippen LogP) is 2.18. The number of anilines is 2. The Kier molecular flexibility index (Phi) is 7.94. The molecule has 2 amide bonds. The number of rotatable bonds is 7. The summed E-state index contributed by atoms with van der Waals surface area (Å²) in [5.41, 5.74) is 6.64. The van der Waals surface area contributed by atoms with Crippen molar-refractivity contribution in [2.75, 3.05) is 17.2 Å². The number of nitrogens with one attached hydrogen (secondary N) is 2. The molecule has 1 unspecified atom stereocenters. The van der Waals surface area contributed by atoms with Crippen molar-refractivity contribution in [1.29, 1.82) is 0 Å². The zero-order valence-corrected chi connectivity index (χ0v) is 14.3. The summed E-state index contributed by atoms with van der Waals surface area (Å²) in [4.78, 5) is 23.9. The molecule has 0 spiro atoms. The van der Waals surface area contributed by atoms with E-state index < -0.39 is 6.04 Å². The van der Waals surface area contributed by atoms with E-state index in [0.717, 1.165) is 0 Å². The largest absolute Gasteiger partial charge is 0.330 e. The van der Waals surface area contributed by atoms with Gasteiger partial charge < -0.3 is 16.4 Å². The number of aromatic nitrogens is 2. The lowest BCUT2D eigenvalue weighted by Crippen LogP contribution is -2.24. The minimum atomic E-state index is -0.423. The molecule has 1 atom stereocenters. The number of hydrogen-bond acceptors (Lipinski definition) is 4. The molecule has 0 aliphatic carbocycles. The molecular weight excluding hydrogens is 330 g/mol. The maximum absolute atomic E-state index is 12.2. The number of nitrogens with zero attached hydrogens (tertiary/aromatic N) is 2. The van der Waals surface area contributed by atoms with Gasteiger partial charge in [0, 0.05) is 30.2 Å². The van der Waals surface area contributed by atoms with E-state index in [1.165, 1.54) is 0 Å². The Morgan fingerprint density at radius 1 is 1.25 bits per heavy atom. The minimum absolute atomic E-state index is 0. The third-order valence-electron chi connectivity index (χ3n) is 3.32. The number of nitrogens with two attached hydrogens (primary N) is 1. The van der Waals surface area contributed by atoms with Crippen molar-refractivity contribution >= 4 is 35.6 Å². The Morgan fingerprint density at radius 3 is 2.58 bits per heavy atom. The van der Waals surface area contributed by atoms with Crippen LogP contribution in [0.4, 0.5) is 11.4 Å². The molecule has 2 aromatic rings. The number of benzene rings is 1. The molecule has 1 aromatic heterocycles. The SMILES string of the molecule is CC(C(=O)Nc1cccc(NC(=O)CCCN)c1)n1cccn1.Cl. The summed E-state index contributed by atoms with van der Waals surface area (Å²) in [6, 6.07) is 8.37. The monoisotopic (exact) mass is 351 g/mol. The molecule has 7 nitrogen and oxygen atoms in total. The van der Waals surface area contributed by atoms with Gasteiger partial charge in [0.25, 0.3) is 0 Å². The van der Waals surface area contributed by atoms with Gasteiger partial charge in [0.05, 0.1) is 0 Å². The van der Waals surface area contributed by atoms with Crippen LogP contribution in [0, 0.1) is 0 Å². The molecule has 2 rings (SSSR count). The molecule has 130 valence electrons. The zero-order valence-electron chi connectivity index (χ0n) is 13.4. The molecule has 4 N–H and O–H groups in total. The van der Waals surface area contributed by atoms with E-state index >= 15 is 0 Å². The quantitative estimate of drug-likeness (QED) is 0.711. The van der Waals surface area contributed by atoms with Crippen molar-refractivity contribution in [2.45, 2.75) is 25.8 Å². The highest BCUT2D eigenvalue weighted by Gasteiger charge is 2.15. The average Bonchev–Trinajstić information content (AvgIpc) is 3.06. The first-order chi connectivity index (χ1) is 11.1. The van der Waals surface area contributed by atoms with Crippen LogP contribution in [-0.4, -0.2) is 28.1 Å². The van der Waals surface area contributed by atoms with Gasteiger partial charge in [-0.15, -0.1) is 12.4 Å². The van der Waals surface area contributed by atoms with Gasteiger partial charge in [-0.2, -0.15) is 5.10 Å². The van der Waals surface area contributed by atoms with Gasteiger partial charge in [0.15, 0.2) is 0 Å². The van der Waals surface area contributed by atoms with Crippen molar-refractivity contribution in [1.82, 2.24) is 9.78 Å². The van der Waals surface area contributed by atoms with Gasteiger partial charge in [0.1, 0.15) is 6.04 Å². The maximum atomic E-state index is 12.2. The van der Waals surface area contributed by atoms with Crippen LogP contribution < -0.4 is 16.4 Å². The lowest BCUT2D eigenvalue weighted by molar-refractivity contribution is -0.119. The van der Waals surface area contributed by atoms with Crippen molar-refractivity contribution < 1.29 is 9.59 Å². The van der Waals surface area contributed by atoms with E-state index in [1.54, 1.807) is 54.3 Å². The Labute approximate surface area is 147 Å². The van der Waals surface area contributed by atoms with Crippen LogP contribution in [0.1, 0.15) is 25.8 Å². The highest BCUT2D eigenvalue weighted by molar-refractivity contribution is 5.95. The standard InChI is InChI=1S/C16H21N5O2.ClH/c1-12(21-10-4-9-18-21)16(23)20-14-6-2-5-13(11-14)19-15(22)7-3-8-17;/h2,4-6,9-12H,3,7-8,17H2,1H3,(H,19,22)(H,20,23);1H. The Balaban J connectivity index is 0.00000288. The molecule has 0 aliphatic rings. The molecule has 0 saturated heterocycles. The molecule has 0 radical (unpaired) electrons. The van der Waals surface area contributed by atoms with E-state index in [2.05, 4.69) is 15.7 Å². The minimum Gasteiger partial charge on any atom is -0.330 e. The van der Waals surface area contributed by atoms with Crippen LogP contribution in [-0.2, 0) is 9.59 Å². The maximum Gasteiger partial charge on any atom is 0.248 e. The summed E-state index contributed by atoms with van der Waals surface area (Å²) >= 11 is 0. The topological polar surface area (TPSA) is 102 Å². The molecule has 0 aliphatic heterocycles. The highest BCUT2D eigenvalue weighted by atomic mass is 35.5. The van der Waals surface area contributed by atoms with Crippen LogP contribution in [0.15, 0.2) is 42.7 Å². The third kappa shape index (κ3) is 5.68. The van der Waals surface area contributed by atoms with Crippen LogP contribution in [0.25, 0.3) is 0 Å². The molecule has 1 heterocycles. The van der Waals surface area contributed by atoms with Gasteiger partial charge in [-0.05, 0) is 44.2 Å². The van der Waals surface area contributed by atoms with E-state index in [1.807, 2.05) is 0 Å². The lowest BCUT2D eigenvalue weighted by Gasteiger charge is -2.13. The molecule has 24 heavy (non-hydrogen) atoms. The summed E-state index contributed by atoms with van der Waals surface area (Å²) < 4.78 is 1.58. The van der Waals surface area contributed by atoms with Crippen molar-refractivity contribution in [2.24, 2.45) is 5.73 Å². The highest BCUT2D eigenvalue weighted by Crippen LogP contribution is 2.17. The molecule has 0 saturated carbocycles. The number of carbonyl (C=O) groups is 2.